The summed E-state index contributed by atoms with van der Waals surface area (Å²) in [6, 6.07) is 2.99. The van der Waals surface area contributed by atoms with Crippen LogP contribution in [0.5, 0.6) is 5.75 Å². The summed E-state index contributed by atoms with van der Waals surface area (Å²) >= 11 is 0. The summed E-state index contributed by atoms with van der Waals surface area (Å²) in [7, 11) is 0. The van der Waals surface area contributed by atoms with Gasteiger partial charge in [-0.3, -0.25) is 4.79 Å². The second-order valence-corrected chi connectivity index (χ2v) is 3.45. The lowest BCUT2D eigenvalue weighted by molar-refractivity contribution is 0.0946. The molecule has 6 heteroatoms. The molecule has 17 heavy (non-hydrogen) atoms. The molecule has 6 nitrogen and oxygen atoms in total. The predicted molar refractivity (Wildman–Crippen MR) is 60.5 cm³/mol. The maximum absolute atomic E-state index is 11.6. The summed E-state index contributed by atoms with van der Waals surface area (Å²) in [5.74, 6) is -0.505. The third kappa shape index (κ3) is 2.81. The Balaban J connectivity index is 1.88. The number of nitrogens with one attached hydrogen (secondary N) is 2. The van der Waals surface area contributed by atoms with Gasteiger partial charge in [-0.1, -0.05) is 0 Å². The number of hydrogen-bond donors (Lipinski definition) is 3. The number of pyridine rings is 1. The van der Waals surface area contributed by atoms with E-state index in [0.717, 1.165) is 5.69 Å². The number of imidazole rings is 1. The predicted octanol–water partition coefficient (Wildman–Crippen LogP) is 0.483. The molecule has 0 spiro atoms. The van der Waals surface area contributed by atoms with E-state index in [0.29, 0.717) is 13.0 Å². The van der Waals surface area contributed by atoms with E-state index in [2.05, 4.69) is 20.3 Å². The van der Waals surface area contributed by atoms with Crippen LogP contribution >= 0.6 is 0 Å². The van der Waals surface area contributed by atoms with Crippen LogP contribution in [0.4, 0.5) is 0 Å². The Bertz CT molecular complexity index is 496. The van der Waals surface area contributed by atoms with Crippen LogP contribution in [0, 0.1) is 0 Å². The van der Waals surface area contributed by atoms with Crippen molar-refractivity contribution in [3.05, 3.63) is 42.2 Å². The van der Waals surface area contributed by atoms with Gasteiger partial charge in [-0.15, -0.1) is 0 Å². The van der Waals surface area contributed by atoms with Crippen molar-refractivity contribution >= 4 is 5.91 Å². The Kier molecular flexibility index (Phi) is 3.34. The van der Waals surface area contributed by atoms with Crippen molar-refractivity contribution < 1.29 is 9.90 Å². The van der Waals surface area contributed by atoms with Gasteiger partial charge in [0.15, 0.2) is 5.69 Å². The average molecular weight is 232 g/mol. The molecular formula is C11H12N4O2. The van der Waals surface area contributed by atoms with Crippen LogP contribution in [0.2, 0.25) is 0 Å². The molecule has 0 radical (unpaired) electrons. The van der Waals surface area contributed by atoms with E-state index in [1.54, 1.807) is 18.6 Å². The highest BCUT2D eigenvalue weighted by Crippen LogP contribution is 2.11. The van der Waals surface area contributed by atoms with Gasteiger partial charge in [0.25, 0.3) is 5.91 Å². The molecule has 3 N–H and O–H groups in total. The molecule has 0 bridgehead atoms. The highest BCUT2D eigenvalue weighted by molar-refractivity contribution is 5.94. The van der Waals surface area contributed by atoms with Crippen LogP contribution in [-0.4, -0.2) is 32.5 Å². The Morgan fingerprint density at radius 3 is 3.12 bits per heavy atom. The van der Waals surface area contributed by atoms with E-state index in [4.69, 9.17) is 0 Å². The average Bonchev–Trinajstić information content (AvgIpc) is 2.82. The molecule has 2 aromatic rings. The van der Waals surface area contributed by atoms with Crippen LogP contribution in [-0.2, 0) is 6.42 Å². The number of amides is 1. The van der Waals surface area contributed by atoms with E-state index >= 15 is 0 Å². The first-order valence-electron chi connectivity index (χ1n) is 5.17. The number of aromatic amines is 1. The van der Waals surface area contributed by atoms with E-state index in [1.165, 1.54) is 12.3 Å². The molecule has 0 aliphatic heterocycles. The number of H-pyrrole nitrogens is 1. The summed E-state index contributed by atoms with van der Waals surface area (Å²) in [5.41, 5.74) is 0.979. The van der Waals surface area contributed by atoms with Crippen molar-refractivity contribution in [1.82, 2.24) is 20.3 Å². The van der Waals surface area contributed by atoms with Crippen LogP contribution in [0.15, 0.2) is 30.9 Å². The standard InChI is InChI=1S/C11H12N4O2/c16-9-2-1-4-13-10(9)11(17)14-5-3-8-6-12-7-15-8/h1-2,4,6-7,16H,3,5H2,(H,12,15)(H,14,17). The van der Waals surface area contributed by atoms with E-state index in [1.807, 2.05) is 0 Å². The molecule has 1 amide bonds. The first-order valence-corrected chi connectivity index (χ1v) is 5.17. The Morgan fingerprint density at radius 2 is 2.41 bits per heavy atom. The third-order valence-corrected chi connectivity index (χ3v) is 2.24. The molecule has 88 valence electrons. The third-order valence-electron chi connectivity index (χ3n) is 2.24. The van der Waals surface area contributed by atoms with Gasteiger partial charge in [0, 0.05) is 31.1 Å². The van der Waals surface area contributed by atoms with Crippen molar-refractivity contribution in [3.8, 4) is 5.75 Å². The molecule has 0 aliphatic rings. The van der Waals surface area contributed by atoms with Gasteiger partial charge >= 0.3 is 0 Å². The lowest BCUT2D eigenvalue weighted by Gasteiger charge is -2.04. The van der Waals surface area contributed by atoms with Crippen LogP contribution in [0.25, 0.3) is 0 Å². The number of aromatic nitrogens is 3. The maximum Gasteiger partial charge on any atom is 0.273 e. The highest BCUT2D eigenvalue weighted by Gasteiger charge is 2.10. The molecule has 0 aromatic carbocycles. The number of carbonyl (C=O) groups is 1. The van der Waals surface area contributed by atoms with Crippen LogP contribution in [0.1, 0.15) is 16.2 Å². The zero-order valence-corrected chi connectivity index (χ0v) is 9.05. The Hall–Kier alpha value is -2.37. The van der Waals surface area contributed by atoms with Gasteiger partial charge in [-0.2, -0.15) is 0 Å². The van der Waals surface area contributed by atoms with E-state index in [-0.39, 0.29) is 17.4 Å². The Labute approximate surface area is 97.7 Å². The monoisotopic (exact) mass is 232 g/mol. The number of hydrogen-bond acceptors (Lipinski definition) is 4. The minimum Gasteiger partial charge on any atom is -0.505 e. The molecule has 0 atom stereocenters. The zero-order chi connectivity index (χ0) is 12.1. The molecule has 0 fully saturated rings. The normalized spacial score (nSPS) is 10.1. The second kappa shape index (κ2) is 5.11. The molecule has 0 unspecified atom stereocenters. The summed E-state index contributed by atoms with van der Waals surface area (Å²) in [5, 5.41) is 12.1. The molecule has 0 aliphatic carbocycles. The molecule has 2 rings (SSSR count). The first kappa shape index (κ1) is 11.1. The van der Waals surface area contributed by atoms with Gasteiger partial charge in [-0.25, -0.2) is 9.97 Å². The minimum absolute atomic E-state index is 0.0390. The number of rotatable bonds is 4. The van der Waals surface area contributed by atoms with Gasteiger partial charge in [0.2, 0.25) is 0 Å². The summed E-state index contributed by atoms with van der Waals surface area (Å²) < 4.78 is 0. The van der Waals surface area contributed by atoms with Gasteiger partial charge in [0.1, 0.15) is 5.75 Å². The SMILES string of the molecule is O=C(NCCc1cnc[nH]1)c1ncccc1O. The van der Waals surface area contributed by atoms with E-state index < -0.39 is 0 Å². The van der Waals surface area contributed by atoms with Gasteiger partial charge in [-0.05, 0) is 12.1 Å². The minimum atomic E-state index is -0.386. The first-order chi connectivity index (χ1) is 8.27. The van der Waals surface area contributed by atoms with Crippen molar-refractivity contribution in [1.29, 1.82) is 0 Å². The molecule has 2 aromatic heterocycles. The summed E-state index contributed by atoms with van der Waals surface area (Å²) in [6.45, 7) is 0.455. The molecular weight excluding hydrogens is 220 g/mol. The second-order valence-electron chi connectivity index (χ2n) is 3.45. The molecule has 0 saturated carbocycles. The quantitative estimate of drug-likeness (QED) is 0.715. The van der Waals surface area contributed by atoms with Gasteiger partial charge < -0.3 is 15.4 Å². The summed E-state index contributed by atoms with van der Waals surface area (Å²) in [4.78, 5) is 22.3. The van der Waals surface area contributed by atoms with Crippen LogP contribution < -0.4 is 5.32 Å². The lowest BCUT2D eigenvalue weighted by Crippen LogP contribution is -2.26. The number of aromatic hydroxyl groups is 1. The fourth-order valence-electron chi connectivity index (χ4n) is 1.39. The largest absolute Gasteiger partial charge is 0.505 e. The zero-order valence-electron chi connectivity index (χ0n) is 9.05. The highest BCUT2D eigenvalue weighted by atomic mass is 16.3. The van der Waals surface area contributed by atoms with E-state index in [9.17, 15) is 9.90 Å². The summed E-state index contributed by atoms with van der Waals surface area (Å²) in [6.07, 6.45) is 5.40. The van der Waals surface area contributed by atoms with Crippen molar-refractivity contribution in [2.24, 2.45) is 0 Å². The Morgan fingerprint density at radius 1 is 1.53 bits per heavy atom. The van der Waals surface area contributed by atoms with Gasteiger partial charge in [0.05, 0.1) is 6.33 Å². The molecule has 0 saturated heterocycles. The number of carbonyl (C=O) groups excluding carboxylic acids is 1. The topological polar surface area (TPSA) is 90.9 Å². The van der Waals surface area contributed by atoms with Crippen LogP contribution in [0.3, 0.4) is 0 Å². The smallest absolute Gasteiger partial charge is 0.273 e. The molecule has 2 heterocycles. The maximum atomic E-state index is 11.6. The fourth-order valence-corrected chi connectivity index (χ4v) is 1.39. The van der Waals surface area contributed by atoms with Crippen molar-refractivity contribution in [2.45, 2.75) is 6.42 Å². The van der Waals surface area contributed by atoms with Crippen molar-refractivity contribution in [3.63, 3.8) is 0 Å². The fraction of sp³-hybridized carbons (Fsp3) is 0.182. The lowest BCUT2D eigenvalue weighted by atomic mass is 10.3. The van der Waals surface area contributed by atoms with Crippen molar-refractivity contribution in [2.75, 3.05) is 6.54 Å². The number of nitrogens with zero attached hydrogens (tertiary/aromatic N) is 2.